The molecule has 1 aromatic heterocycles. The van der Waals surface area contributed by atoms with Crippen molar-refractivity contribution in [1.29, 1.82) is 0 Å². The molecular formula is C16H22N2. The first-order chi connectivity index (χ1) is 8.65. The molecule has 0 bridgehead atoms. The molecule has 1 aromatic carbocycles. The highest BCUT2D eigenvalue weighted by molar-refractivity contribution is 5.79. The Morgan fingerprint density at radius 2 is 2.22 bits per heavy atom. The average molecular weight is 242 g/mol. The third-order valence-electron chi connectivity index (χ3n) is 4.43. The Morgan fingerprint density at radius 1 is 1.33 bits per heavy atom. The summed E-state index contributed by atoms with van der Waals surface area (Å²) >= 11 is 0. The number of H-pyrrole nitrogens is 1. The lowest BCUT2D eigenvalue weighted by atomic mass is 9.87. The minimum absolute atomic E-state index is 0.457. The van der Waals surface area contributed by atoms with Crippen LogP contribution in [0.5, 0.6) is 0 Å². The van der Waals surface area contributed by atoms with Gasteiger partial charge in [-0.3, -0.25) is 0 Å². The van der Waals surface area contributed by atoms with E-state index >= 15 is 0 Å². The molecule has 2 heteroatoms. The number of rotatable bonds is 3. The van der Waals surface area contributed by atoms with Crippen molar-refractivity contribution in [2.75, 3.05) is 0 Å². The van der Waals surface area contributed by atoms with Crippen LogP contribution in [-0.4, -0.2) is 11.0 Å². The lowest BCUT2D eigenvalue weighted by Crippen LogP contribution is -2.37. The van der Waals surface area contributed by atoms with E-state index in [-0.39, 0.29) is 0 Å². The summed E-state index contributed by atoms with van der Waals surface area (Å²) in [4.78, 5) is 3.24. The van der Waals surface area contributed by atoms with E-state index in [2.05, 4.69) is 48.4 Å². The molecule has 1 unspecified atom stereocenters. The minimum atomic E-state index is 0.457. The molecule has 1 heterocycles. The Labute approximate surface area is 109 Å². The molecule has 1 fully saturated rings. The van der Waals surface area contributed by atoms with Crippen LogP contribution in [0.3, 0.4) is 0 Å². The van der Waals surface area contributed by atoms with E-state index in [1.165, 1.54) is 35.7 Å². The fourth-order valence-electron chi connectivity index (χ4n) is 3.16. The van der Waals surface area contributed by atoms with Crippen molar-refractivity contribution >= 4 is 10.9 Å². The maximum Gasteiger partial charge on any atom is 0.0454 e. The predicted molar refractivity (Wildman–Crippen MR) is 76.6 cm³/mol. The Morgan fingerprint density at radius 3 is 3.00 bits per heavy atom. The van der Waals surface area contributed by atoms with Crippen LogP contribution in [0.4, 0.5) is 0 Å². The molecule has 2 nitrogen and oxygen atoms in total. The van der Waals surface area contributed by atoms with Crippen molar-refractivity contribution in [3.63, 3.8) is 0 Å². The number of fused-ring (bicyclic) bond motifs is 1. The largest absolute Gasteiger partial charge is 0.361 e. The van der Waals surface area contributed by atoms with Crippen LogP contribution in [-0.2, 0) is 6.54 Å². The molecule has 2 N–H and O–H groups in total. The van der Waals surface area contributed by atoms with Gasteiger partial charge in [-0.05, 0) is 47.4 Å². The molecule has 1 atom stereocenters. The van der Waals surface area contributed by atoms with Crippen molar-refractivity contribution in [2.45, 2.75) is 45.7 Å². The molecular weight excluding hydrogens is 220 g/mol. The molecule has 18 heavy (non-hydrogen) atoms. The number of aromatic amines is 1. The zero-order chi connectivity index (χ0) is 12.6. The smallest absolute Gasteiger partial charge is 0.0454 e. The summed E-state index contributed by atoms with van der Waals surface area (Å²) in [7, 11) is 0. The average Bonchev–Trinajstić information content (AvgIpc) is 2.91. The third kappa shape index (κ3) is 2.17. The molecule has 1 saturated carbocycles. The molecule has 1 aliphatic rings. The predicted octanol–water partition coefficient (Wildman–Crippen LogP) is 3.84. The SMILES string of the molecule is CC1(C)CCCC1NCc1ccc2[nH]ccc2c1. The molecule has 1 aliphatic carbocycles. The zero-order valence-corrected chi connectivity index (χ0v) is 11.3. The van der Waals surface area contributed by atoms with Crippen molar-refractivity contribution in [3.05, 3.63) is 36.0 Å². The van der Waals surface area contributed by atoms with Gasteiger partial charge in [-0.15, -0.1) is 0 Å². The van der Waals surface area contributed by atoms with Gasteiger partial charge in [0.15, 0.2) is 0 Å². The normalized spacial score (nSPS) is 22.7. The highest BCUT2D eigenvalue weighted by atomic mass is 14.9. The lowest BCUT2D eigenvalue weighted by Gasteiger charge is -2.28. The Bertz CT molecular complexity index is 539. The lowest BCUT2D eigenvalue weighted by molar-refractivity contribution is 0.282. The molecule has 0 radical (unpaired) electrons. The molecule has 96 valence electrons. The van der Waals surface area contributed by atoms with E-state index in [0.717, 1.165) is 6.54 Å². The van der Waals surface area contributed by atoms with E-state index in [0.29, 0.717) is 11.5 Å². The Kier molecular flexibility index (Phi) is 2.90. The number of nitrogens with one attached hydrogen (secondary N) is 2. The van der Waals surface area contributed by atoms with E-state index in [1.54, 1.807) is 0 Å². The van der Waals surface area contributed by atoms with Crippen LogP contribution in [0.1, 0.15) is 38.7 Å². The summed E-state index contributed by atoms with van der Waals surface area (Å²) in [5, 5.41) is 5.04. The Hall–Kier alpha value is -1.28. The summed E-state index contributed by atoms with van der Waals surface area (Å²) in [6.45, 7) is 5.75. The first-order valence-corrected chi connectivity index (χ1v) is 6.94. The van der Waals surface area contributed by atoms with Crippen molar-refractivity contribution in [3.8, 4) is 0 Å². The summed E-state index contributed by atoms with van der Waals surface area (Å²) < 4.78 is 0. The van der Waals surface area contributed by atoms with E-state index in [9.17, 15) is 0 Å². The fourth-order valence-corrected chi connectivity index (χ4v) is 3.16. The van der Waals surface area contributed by atoms with E-state index in [4.69, 9.17) is 0 Å². The van der Waals surface area contributed by atoms with Gasteiger partial charge in [-0.2, -0.15) is 0 Å². The van der Waals surface area contributed by atoms with Gasteiger partial charge >= 0.3 is 0 Å². The third-order valence-corrected chi connectivity index (χ3v) is 4.43. The second-order valence-electron chi connectivity index (χ2n) is 6.21. The molecule has 0 amide bonds. The van der Waals surface area contributed by atoms with Gasteiger partial charge in [-0.1, -0.05) is 26.3 Å². The van der Waals surface area contributed by atoms with Gasteiger partial charge < -0.3 is 10.3 Å². The summed E-state index contributed by atoms with van der Waals surface area (Å²) in [5.41, 5.74) is 3.06. The van der Waals surface area contributed by atoms with Crippen LogP contribution in [0, 0.1) is 5.41 Å². The number of aromatic nitrogens is 1. The highest BCUT2D eigenvalue weighted by Gasteiger charge is 2.33. The summed E-state index contributed by atoms with van der Waals surface area (Å²) in [5.74, 6) is 0. The van der Waals surface area contributed by atoms with Gasteiger partial charge in [0.05, 0.1) is 0 Å². The fraction of sp³-hybridized carbons (Fsp3) is 0.500. The van der Waals surface area contributed by atoms with Gasteiger partial charge in [0, 0.05) is 24.3 Å². The Balaban J connectivity index is 1.69. The quantitative estimate of drug-likeness (QED) is 0.841. The molecule has 0 spiro atoms. The minimum Gasteiger partial charge on any atom is -0.361 e. The highest BCUT2D eigenvalue weighted by Crippen LogP contribution is 2.37. The monoisotopic (exact) mass is 242 g/mol. The summed E-state index contributed by atoms with van der Waals surface area (Å²) in [6.07, 6.45) is 6.03. The zero-order valence-electron chi connectivity index (χ0n) is 11.3. The van der Waals surface area contributed by atoms with Crippen molar-refractivity contribution in [1.82, 2.24) is 10.3 Å². The van der Waals surface area contributed by atoms with E-state index < -0.39 is 0 Å². The maximum atomic E-state index is 3.73. The number of hydrogen-bond acceptors (Lipinski definition) is 1. The van der Waals surface area contributed by atoms with Gasteiger partial charge in [-0.25, -0.2) is 0 Å². The van der Waals surface area contributed by atoms with Crippen LogP contribution < -0.4 is 5.32 Å². The topological polar surface area (TPSA) is 27.8 Å². The van der Waals surface area contributed by atoms with E-state index in [1.807, 2.05) is 6.20 Å². The number of hydrogen-bond donors (Lipinski definition) is 2. The van der Waals surface area contributed by atoms with Gasteiger partial charge in [0.25, 0.3) is 0 Å². The van der Waals surface area contributed by atoms with Crippen molar-refractivity contribution < 1.29 is 0 Å². The second kappa shape index (κ2) is 4.43. The van der Waals surface area contributed by atoms with Crippen LogP contribution in [0.15, 0.2) is 30.5 Å². The first kappa shape index (κ1) is 11.8. The summed E-state index contributed by atoms with van der Waals surface area (Å²) in [6, 6.07) is 9.47. The van der Waals surface area contributed by atoms with Crippen molar-refractivity contribution in [2.24, 2.45) is 5.41 Å². The maximum absolute atomic E-state index is 3.73. The first-order valence-electron chi connectivity index (χ1n) is 6.94. The molecule has 0 saturated heterocycles. The molecule has 2 aromatic rings. The standard InChI is InChI=1S/C16H22N2/c1-16(2)8-3-4-15(16)18-11-12-5-6-14-13(10-12)7-9-17-14/h5-7,9-10,15,17-18H,3-4,8,11H2,1-2H3. The van der Waals surface area contributed by atoms with Crippen LogP contribution in [0.25, 0.3) is 10.9 Å². The van der Waals surface area contributed by atoms with Gasteiger partial charge in [0.2, 0.25) is 0 Å². The van der Waals surface area contributed by atoms with Crippen LogP contribution >= 0.6 is 0 Å². The molecule has 3 rings (SSSR count). The number of benzene rings is 1. The van der Waals surface area contributed by atoms with Crippen LogP contribution in [0.2, 0.25) is 0 Å². The second-order valence-corrected chi connectivity index (χ2v) is 6.21. The van der Waals surface area contributed by atoms with Gasteiger partial charge in [0.1, 0.15) is 0 Å². The molecule has 0 aliphatic heterocycles.